The maximum atomic E-state index is 6.55. The molecule has 0 fully saturated rings. The predicted molar refractivity (Wildman–Crippen MR) is 125 cm³/mol. The number of imidazole rings is 1. The number of halogens is 1. The van der Waals surface area contributed by atoms with Crippen molar-refractivity contribution in [1.82, 2.24) is 9.38 Å². The molecule has 0 aliphatic rings. The lowest BCUT2D eigenvalue weighted by atomic mass is 10.1. The van der Waals surface area contributed by atoms with Crippen molar-refractivity contribution >= 4 is 23.1 Å². The lowest BCUT2D eigenvalue weighted by Gasteiger charge is -2.21. The van der Waals surface area contributed by atoms with E-state index in [9.17, 15) is 0 Å². The minimum atomic E-state index is -0.151. The molecule has 0 amide bonds. The second kappa shape index (κ2) is 8.41. The number of nitrogens with zero attached hydrogens (tertiary/aromatic N) is 2. The van der Waals surface area contributed by atoms with Gasteiger partial charge in [-0.15, -0.1) is 0 Å². The molecule has 0 aliphatic heterocycles. The van der Waals surface area contributed by atoms with Crippen LogP contribution in [0.3, 0.4) is 0 Å². The quantitative estimate of drug-likeness (QED) is 0.388. The Bertz CT molecular complexity index is 1150. The summed E-state index contributed by atoms with van der Waals surface area (Å²) in [7, 11) is 0. The molecule has 4 rings (SSSR count). The summed E-state index contributed by atoms with van der Waals surface area (Å²) in [6.07, 6.45) is 2.84. The van der Waals surface area contributed by atoms with Gasteiger partial charge in [0.15, 0.2) is 17.2 Å². The van der Waals surface area contributed by atoms with Crippen LogP contribution in [0.1, 0.15) is 26.3 Å². The maximum Gasteiger partial charge on any atom is 0.182 e. The molecular formula is C25H26ClN3O. The highest BCUT2D eigenvalue weighted by Gasteiger charge is 2.22. The molecule has 30 heavy (non-hydrogen) atoms. The molecule has 154 valence electrons. The zero-order valence-electron chi connectivity index (χ0n) is 17.5. The van der Waals surface area contributed by atoms with E-state index in [0.29, 0.717) is 11.6 Å². The molecule has 0 atom stereocenters. The van der Waals surface area contributed by atoms with Gasteiger partial charge in [-0.25, -0.2) is 4.98 Å². The van der Waals surface area contributed by atoms with Crippen LogP contribution in [0.25, 0.3) is 16.9 Å². The lowest BCUT2D eigenvalue weighted by molar-refractivity contribution is 0.324. The zero-order chi connectivity index (χ0) is 21.1. The molecule has 0 radical (unpaired) electrons. The molecule has 0 spiro atoms. The van der Waals surface area contributed by atoms with Crippen molar-refractivity contribution in [2.45, 2.75) is 32.7 Å². The summed E-state index contributed by atoms with van der Waals surface area (Å²) in [4.78, 5) is 4.91. The highest BCUT2D eigenvalue weighted by Crippen LogP contribution is 2.37. The Morgan fingerprint density at radius 1 is 0.967 bits per heavy atom. The highest BCUT2D eigenvalue weighted by atomic mass is 35.5. The molecule has 2 aromatic heterocycles. The first kappa shape index (κ1) is 20.3. The monoisotopic (exact) mass is 419 g/mol. The van der Waals surface area contributed by atoms with E-state index >= 15 is 0 Å². The summed E-state index contributed by atoms with van der Waals surface area (Å²) in [6, 6.07) is 22.1. The first-order valence-electron chi connectivity index (χ1n) is 10.1. The largest absolute Gasteiger partial charge is 0.489 e. The van der Waals surface area contributed by atoms with E-state index in [2.05, 4.69) is 38.2 Å². The summed E-state index contributed by atoms with van der Waals surface area (Å²) in [5, 5.41) is 4.21. The molecule has 0 saturated heterocycles. The van der Waals surface area contributed by atoms with Crippen LogP contribution >= 0.6 is 11.6 Å². The van der Waals surface area contributed by atoms with Crippen LogP contribution in [-0.4, -0.2) is 21.5 Å². The maximum absolute atomic E-state index is 6.55. The summed E-state index contributed by atoms with van der Waals surface area (Å²) < 4.78 is 8.19. The van der Waals surface area contributed by atoms with Crippen molar-refractivity contribution in [3.05, 3.63) is 83.5 Å². The van der Waals surface area contributed by atoms with Crippen LogP contribution < -0.4 is 10.1 Å². The Kier molecular flexibility index (Phi) is 5.69. The van der Waals surface area contributed by atoms with Gasteiger partial charge in [-0.05, 0) is 44.5 Å². The second-order valence-electron chi connectivity index (χ2n) is 8.31. The second-order valence-corrected chi connectivity index (χ2v) is 8.72. The molecular weight excluding hydrogens is 394 g/mol. The van der Waals surface area contributed by atoms with Crippen molar-refractivity contribution in [2.75, 3.05) is 11.9 Å². The first-order chi connectivity index (χ1) is 14.4. The lowest BCUT2D eigenvalue weighted by Crippen LogP contribution is -2.26. The molecule has 1 N–H and O–H groups in total. The number of aromatic nitrogens is 2. The molecule has 2 heterocycles. The molecule has 0 aliphatic carbocycles. The van der Waals surface area contributed by atoms with Gasteiger partial charge in [0.1, 0.15) is 0 Å². The van der Waals surface area contributed by atoms with Gasteiger partial charge >= 0.3 is 0 Å². The Labute approximate surface area is 182 Å². The molecule has 0 unspecified atom stereocenters. The number of benzene rings is 2. The summed E-state index contributed by atoms with van der Waals surface area (Å²) in [5.74, 6) is 1.54. The fraction of sp³-hybridized carbons (Fsp3) is 0.240. The van der Waals surface area contributed by atoms with Crippen LogP contribution in [0.15, 0.2) is 72.9 Å². The number of anilines is 1. The molecule has 2 aromatic carbocycles. The number of rotatable bonds is 6. The van der Waals surface area contributed by atoms with Gasteiger partial charge in [-0.2, -0.15) is 0 Å². The third-order valence-electron chi connectivity index (χ3n) is 4.73. The SMILES string of the molecule is CC(C)(C)Nc1nc2c(OCCc3ccccc3)cccn2c1-c1ccccc1Cl. The van der Waals surface area contributed by atoms with Crippen LogP contribution in [0, 0.1) is 0 Å². The van der Waals surface area contributed by atoms with Gasteiger partial charge in [0.25, 0.3) is 0 Å². The van der Waals surface area contributed by atoms with Gasteiger partial charge in [0.05, 0.1) is 17.3 Å². The average molecular weight is 420 g/mol. The number of nitrogens with one attached hydrogen (secondary N) is 1. The fourth-order valence-corrected chi connectivity index (χ4v) is 3.66. The van der Waals surface area contributed by atoms with E-state index in [1.807, 2.05) is 65.2 Å². The highest BCUT2D eigenvalue weighted by molar-refractivity contribution is 6.33. The van der Waals surface area contributed by atoms with Crippen LogP contribution in [0.2, 0.25) is 5.02 Å². The fourth-order valence-electron chi connectivity index (χ4n) is 3.43. The Morgan fingerprint density at radius 2 is 1.70 bits per heavy atom. The standard InChI is InChI=1S/C25H26ClN3O/c1-25(2,3)28-23-22(19-12-7-8-13-20(19)26)29-16-9-14-21(24(29)27-23)30-17-15-18-10-5-4-6-11-18/h4-14,16,28H,15,17H2,1-3H3. The predicted octanol–water partition coefficient (Wildman–Crippen LogP) is 6.49. The molecule has 4 nitrogen and oxygen atoms in total. The van der Waals surface area contributed by atoms with Crippen molar-refractivity contribution < 1.29 is 4.74 Å². The van der Waals surface area contributed by atoms with Gasteiger partial charge in [0, 0.05) is 23.7 Å². The third kappa shape index (κ3) is 4.44. The molecule has 0 saturated carbocycles. The Balaban J connectivity index is 1.73. The van der Waals surface area contributed by atoms with E-state index in [4.69, 9.17) is 21.3 Å². The number of hydrogen-bond acceptors (Lipinski definition) is 3. The minimum Gasteiger partial charge on any atom is -0.489 e. The zero-order valence-corrected chi connectivity index (χ0v) is 18.3. The number of fused-ring (bicyclic) bond motifs is 1. The Morgan fingerprint density at radius 3 is 2.43 bits per heavy atom. The van der Waals surface area contributed by atoms with Crippen molar-refractivity contribution in [3.8, 4) is 17.0 Å². The van der Waals surface area contributed by atoms with Gasteiger partial charge in [0.2, 0.25) is 0 Å². The number of hydrogen-bond donors (Lipinski definition) is 1. The van der Waals surface area contributed by atoms with Crippen molar-refractivity contribution in [2.24, 2.45) is 0 Å². The number of pyridine rings is 1. The van der Waals surface area contributed by atoms with Gasteiger partial charge < -0.3 is 10.1 Å². The average Bonchev–Trinajstić information content (AvgIpc) is 3.06. The van der Waals surface area contributed by atoms with Gasteiger partial charge in [-0.1, -0.05) is 60.1 Å². The van der Waals surface area contributed by atoms with Crippen LogP contribution in [0.5, 0.6) is 5.75 Å². The summed E-state index contributed by atoms with van der Waals surface area (Å²) in [5.41, 5.74) is 3.73. The van der Waals surface area contributed by atoms with E-state index in [1.165, 1.54) is 5.56 Å². The summed E-state index contributed by atoms with van der Waals surface area (Å²) >= 11 is 6.55. The number of ether oxygens (including phenoxy) is 1. The minimum absolute atomic E-state index is 0.151. The van der Waals surface area contributed by atoms with E-state index in [-0.39, 0.29) is 5.54 Å². The van der Waals surface area contributed by atoms with Crippen molar-refractivity contribution in [3.63, 3.8) is 0 Å². The van der Waals surface area contributed by atoms with Gasteiger partial charge in [-0.3, -0.25) is 4.40 Å². The smallest absolute Gasteiger partial charge is 0.182 e. The van der Waals surface area contributed by atoms with Crippen LogP contribution in [-0.2, 0) is 6.42 Å². The third-order valence-corrected chi connectivity index (χ3v) is 5.06. The molecule has 0 bridgehead atoms. The summed E-state index contributed by atoms with van der Waals surface area (Å²) in [6.45, 7) is 6.93. The Hall–Kier alpha value is -2.98. The first-order valence-corrected chi connectivity index (χ1v) is 10.5. The van der Waals surface area contributed by atoms with E-state index in [0.717, 1.165) is 34.9 Å². The van der Waals surface area contributed by atoms with E-state index in [1.54, 1.807) is 0 Å². The molecule has 4 aromatic rings. The van der Waals surface area contributed by atoms with Crippen LogP contribution in [0.4, 0.5) is 5.82 Å². The topological polar surface area (TPSA) is 38.6 Å². The molecule has 5 heteroatoms. The van der Waals surface area contributed by atoms with Crippen molar-refractivity contribution in [1.29, 1.82) is 0 Å². The van der Waals surface area contributed by atoms with E-state index < -0.39 is 0 Å². The normalized spacial score (nSPS) is 11.6.